The third-order valence-corrected chi connectivity index (χ3v) is 5.56. The van der Waals surface area contributed by atoms with E-state index in [4.69, 9.17) is 0 Å². The zero-order valence-corrected chi connectivity index (χ0v) is 13.7. The van der Waals surface area contributed by atoms with Crippen LogP contribution >= 0.6 is 0 Å². The lowest BCUT2D eigenvalue weighted by atomic mass is 9.74. The van der Waals surface area contributed by atoms with Crippen LogP contribution in [0.2, 0.25) is 0 Å². The van der Waals surface area contributed by atoms with Crippen LogP contribution < -0.4 is 0 Å². The molecular weight excluding hydrogens is 288 g/mol. The Balaban J connectivity index is 1.74. The highest BCUT2D eigenvalue weighted by Crippen LogP contribution is 2.43. The highest BCUT2D eigenvalue weighted by Gasteiger charge is 2.26. The molecule has 0 saturated heterocycles. The van der Waals surface area contributed by atoms with Crippen molar-refractivity contribution in [2.75, 3.05) is 0 Å². The zero-order valence-electron chi connectivity index (χ0n) is 13.7. The fourth-order valence-electron chi connectivity index (χ4n) is 4.46. The maximum Gasteiger partial charge on any atom is 0.0133 e. The lowest BCUT2D eigenvalue weighted by Gasteiger charge is -2.30. The van der Waals surface area contributed by atoms with E-state index in [2.05, 4.69) is 78.9 Å². The summed E-state index contributed by atoms with van der Waals surface area (Å²) < 4.78 is 0. The molecule has 2 aliphatic carbocycles. The maximum absolute atomic E-state index is 2.34. The van der Waals surface area contributed by atoms with Gasteiger partial charge in [0, 0.05) is 5.92 Å². The quantitative estimate of drug-likeness (QED) is 0.517. The van der Waals surface area contributed by atoms with Gasteiger partial charge in [-0.3, -0.25) is 0 Å². The van der Waals surface area contributed by atoms with Gasteiger partial charge in [0.15, 0.2) is 0 Å². The minimum absolute atomic E-state index is 0.492. The largest absolute Gasteiger partial charge is 0.0830 e. The van der Waals surface area contributed by atoms with E-state index in [1.807, 2.05) is 0 Å². The predicted octanol–water partition coefficient (Wildman–Crippen LogP) is 6.00. The third kappa shape index (κ3) is 2.06. The summed E-state index contributed by atoms with van der Waals surface area (Å²) in [6.07, 6.45) is 8.07. The molecule has 0 radical (unpaired) electrons. The Morgan fingerprint density at radius 3 is 2.46 bits per heavy atom. The van der Waals surface area contributed by atoms with E-state index in [1.54, 1.807) is 11.1 Å². The molecule has 3 aromatic rings. The van der Waals surface area contributed by atoms with Crippen LogP contribution in [-0.4, -0.2) is 0 Å². The fraction of sp³-hybridized carbons (Fsp3) is 0.167. The number of fused-ring (bicyclic) bond motifs is 5. The van der Waals surface area contributed by atoms with E-state index in [0.29, 0.717) is 5.92 Å². The van der Waals surface area contributed by atoms with Crippen molar-refractivity contribution in [2.24, 2.45) is 0 Å². The van der Waals surface area contributed by atoms with Gasteiger partial charge in [-0.2, -0.15) is 0 Å². The highest BCUT2D eigenvalue weighted by molar-refractivity contribution is 5.78. The molecular formula is C24H20. The molecule has 0 fully saturated rings. The molecule has 116 valence electrons. The molecule has 0 heteroatoms. The van der Waals surface area contributed by atoms with Gasteiger partial charge in [0.05, 0.1) is 0 Å². The third-order valence-electron chi connectivity index (χ3n) is 5.56. The second-order valence-corrected chi connectivity index (χ2v) is 6.85. The second-order valence-electron chi connectivity index (χ2n) is 6.85. The molecule has 3 aromatic carbocycles. The number of hydrogen-bond acceptors (Lipinski definition) is 0. The van der Waals surface area contributed by atoms with E-state index in [-0.39, 0.29) is 0 Å². The Bertz CT molecular complexity index is 932. The first-order valence-electron chi connectivity index (χ1n) is 8.87. The maximum atomic E-state index is 2.34. The lowest BCUT2D eigenvalue weighted by molar-refractivity contribution is 0.790. The van der Waals surface area contributed by atoms with Gasteiger partial charge in [0.25, 0.3) is 0 Å². The summed E-state index contributed by atoms with van der Waals surface area (Å²) in [6, 6.07) is 24.6. The Morgan fingerprint density at radius 2 is 1.54 bits per heavy atom. The van der Waals surface area contributed by atoms with Crippen LogP contribution in [0.15, 0.2) is 72.8 Å². The Kier molecular flexibility index (Phi) is 3.16. The van der Waals surface area contributed by atoms with E-state index < -0.39 is 0 Å². The van der Waals surface area contributed by atoms with Crippen molar-refractivity contribution in [3.8, 4) is 11.1 Å². The fourth-order valence-corrected chi connectivity index (χ4v) is 4.46. The number of rotatable bonds is 1. The van der Waals surface area contributed by atoms with Crippen LogP contribution in [-0.2, 0) is 12.8 Å². The second kappa shape index (κ2) is 5.49. The number of hydrogen-bond donors (Lipinski definition) is 0. The first-order valence-corrected chi connectivity index (χ1v) is 8.87. The Hall–Kier alpha value is -2.60. The van der Waals surface area contributed by atoms with Crippen LogP contribution in [0.3, 0.4) is 0 Å². The van der Waals surface area contributed by atoms with E-state index in [0.717, 1.165) is 19.3 Å². The van der Waals surface area contributed by atoms with E-state index in [1.165, 1.54) is 27.8 Å². The molecule has 0 aliphatic heterocycles. The van der Waals surface area contributed by atoms with Crippen molar-refractivity contribution in [3.05, 3.63) is 101 Å². The molecule has 5 rings (SSSR count). The molecule has 24 heavy (non-hydrogen) atoms. The smallest absolute Gasteiger partial charge is 0.0133 e. The van der Waals surface area contributed by atoms with Crippen molar-refractivity contribution in [2.45, 2.75) is 25.2 Å². The first kappa shape index (κ1) is 13.8. The monoisotopic (exact) mass is 308 g/mol. The summed E-state index contributed by atoms with van der Waals surface area (Å²) in [5.74, 6) is 0.492. The molecule has 0 heterocycles. The molecule has 0 N–H and O–H groups in total. The van der Waals surface area contributed by atoms with Gasteiger partial charge in [-0.05, 0) is 58.2 Å². The van der Waals surface area contributed by atoms with Crippen molar-refractivity contribution in [3.63, 3.8) is 0 Å². The topological polar surface area (TPSA) is 0 Å². The SMILES string of the molecule is C1=Cc2ccc3c(c2C(c2ccccc2)C1)CCc1ccccc1-3. The highest BCUT2D eigenvalue weighted by atomic mass is 14.3. The number of aryl methyl sites for hydroxylation is 1. The van der Waals surface area contributed by atoms with Crippen molar-refractivity contribution in [1.82, 2.24) is 0 Å². The summed E-state index contributed by atoms with van der Waals surface area (Å²) in [7, 11) is 0. The average Bonchev–Trinajstić information content (AvgIpc) is 2.67. The van der Waals surface area contributed by atoms with Gasteiger partial charge in [0.2, 0.25) is 0 Å². The summed E-state index contributed by atoms with van der Waals surface area (Å²) in [4.78, 5) is 0. The molecule has 1 atom stereocenters. The van der Waals surface area contributed by atoms with Crippen LogP contribution in [0.1, 0.15) is 40.2 Å². The molecule has 0 bridgehead atoms. The molecule has 0 saturated carbocycles. The van der Waals surface area contributed by atoms with Crippen LogP contribution in [0.5, 0.6) is 0 Å². The Labute approximate surface area is 143 Å². The molecule has 0 spiro atoms. The van der Waals surface area contributed by atoms with Crippen LogP contribution in [0.25, 0.3) is 17.2 Å². The van der Waals surface area contributed by atoms with Crippen LogP contribution in [0.4, 0.5) is 0 Å². The van der Waals surface area contributed by atoms with E-state index in [9.17, 15) is 0 Å². The molecule has 2 aliphatic rings. The van der Waals surface area contributed by atoms with Gasteiger partial charge in [0.1, 0.15) is 0 Å². The minimum Gasteiger partial charge on any atom is -0.0830 e. The average molecular weight is 308 g/mol. The van der Waals surface area contributed by atoms with E-state index >= 15 is 0 Å². The predicted molar refractivity (Wildman–Crippen MR) is 101 cm³/mol. The van der Waals surface area contributed by atoms with Crippen LogP contribution in [0, 0.1) is 0 Å². The standard InChI is InChI=1S/C24H20/c1-2-7-17(8-3-1)21-12-6-10-19-14-15-22-20-11-5-4-9-18(20)13-16-23(22)24(19)21/h1-11,14-15,21H,12-13,16H2. The summed E-state index contributed by atoms with van der Waals surface area (Å²) in [6.45, 7) is 0. The van der Waals surface area contributed by atoms with Gasteiger partial charge in [-0.1, -0.05) is 78.9 Å². The number of benzene rings is 3. The molecule has 1 unspecified atom stereocenters. The molecule has 0 nitrogen and oxygen atoms in total. The van der Waals surface area contributed by atoms with Gasteiger partial charge in [-0.15, -0.1) is 0 Å². The first-order chi connectivity index (χ1) is 11.9. The lowest BCUT2D eigenvalue weighted by Crippen LogP contribution is -2.14. The van der Waals surface area contributed by atoms with Crippen molar-refractivity contribution in [1.29, 1.82) is 0 Å². The summed E-state index contributed by atoms with van der Waals surface area (Å²) in [5.41, 5.74) is 10.4. The zero-order chi connectivity index (χ0) is 15.9. The summed E-state index contributed by atoms with van der Waals surface area (Å²) >= 11 is 0. The van der Waals surface area contributed by atoms with Gasteiger partial charge < -0.3 is 0 Å². The molecule has 0 aromatic heterocycles. The number of allylic oxidation sites excluding steroid dienone is 1. The van der Waals surface area contributed by atoms with Gasteiger partial charge in [-0.25, -0.2) is 0 Å². The van der Waals surface area contributed by atoms with Crippen molar-refractivity contribution < 1.29 is 0 Å². The normalized spacial score (nSPS) is 17.8. The Morgan fingerprint density at radius 1 is 0.708 bits per heavy atom. The summed E-state index contributed by atoms with van der Waals surface area (Å²) in [5, 5.41) is 0. The van der Waals surface area contributed by atoms with Gasteiger partial charge >= 0.3 is 0 Å². The molecule has 0 amide bonds. The minimum atomic E-state index is 0.492. The van der Waals surface area contributed by atoms with Crippen molar-refractivity contribution >= 4 is 6.08 Å².